The lowest BCUT2D eigenvalue weighted by Crippen LogP contribution is -2.52. The molecule has 2 saturated heterocycles. The second-order valence-corrected chi connectivity index (χ2v) is 8.91. The highest BCUT2D eigenvalue weighted by Crippen LogP contribution is 2.28. The quantitative estimate of drug-likeness (QED) is 0.544. The third-order valence-electron chi connectivity index (χ3n) is 6.48. The molecule has 0 bridgehead atoms. The maximum absolute atomic E-state index is 13.5. The van der Waals surface area contributed by atoms with E-state index in [9.17, 15) is 14.4 Å². The number of likely N-dealkylation sites (tertiary alicyclic amines) is 1. The molecular weight excluding hydrogens is 453 g/mol. The van der Waals surface area contributed by atoms with E-state index in [4.69, 9.17) is 8.94 Å². The minimum Gasteiger partial charge on any atom is -0.424 e. The number of rotatable bonds is 5. The van der Waals surface area contributed by atoms with E-state index in [1.54, 1.807) is 19.1 Å². The van der Waals surface area contributed by atoms with Crippen LogP contribution in [0.1, 0.15) is 36.2 Å². The van der Waals surface area contributed by atoms with Crippen LogP contribution in [-0.2, 0) is 4.79 Å². The fourth-order valence-electron chi connectivity index (χ4n) is 4.70. The summed E-state index contributed by atoms with van der Waals surface area (Å²) in [6, 6.07) is 8.18. The Morgan fingerprint density at radius 1 is 1.23 bits per heavy atom. The first-order valence-electron chi connectivity index (χ1n) is 11.7. The zero-order valence-electron chi connectivity index (χ0n) is 19.5. The number of carbonyl (C=O) groups is 1. The Balaban J connectivity index is 1.16. The summed E-state index contributed by atoms with van der Waals surface area (Å²) in [6.07, 6.45) is 1.82. The van der Waals surface area contributed by atoms with Gasteiger partial charge in [-0.15, -0.1) is 0 Å². The second kappa shape index (κ2) is 9.84. The predicted molar refractivity (Wildman–Crippen MR) is 123 cm³/mol. The summed E-state index contributed by atoms with van der Waals surface area (Å²) in [5.74, 6) is 1.58. The molecule has 2 aliphatic heterocycles. The number of oxazole rings is 1. The molecule has 3 aromatic rings. The summed E-state index contributed by atoms with van der Waals surface area (Å²) >= 11 is 0. The van der Waals surface area contributed by atoms with Crippen molar-refractivity contribution in [1.82, 2.24) is 24.9 Å². The van der Waals surface area contributed by atoms with Gasteiger partial charge < -0.3 is 18.7 Å². The van der Waals surface area contributed by atoms with Crippen LogP contribution < -0.4 is 4.90 Å². The molecule has 2 aromatic heterocycles. The Morgan fingerprint density at radius 3 is 2.83 bits per heavy atom. The van der Waals surface area contributed by atoms with Gasteiger partial charge in [-0.05, 0) is 31.5 Å². The molecular formula is C24H26FN7O3. The highest BCUT2D eigenvalue weighted by molar-refractivity contribution is 5.78. The lowest BCUT2D eigenvalue weighted by atomic mass is 9.98. The predicted octanol–water partition coefficient (Wildman–Crippen LogP) is 2.57. The Labute approximate surface area is 201 Å². The van der Waals surface area contributed by atoms with Gasteiger partial charge in [0.15, 0.2) is 5.89 Å². The Kier molecular flexibility index (Phi) is 6.46. The molecule has 4 heterocycles. The van der Waals surface area contributed by atoms with E-state index in [0.717, 1.165) is 19.4 Å². The molecule has 0 saturated carbocycles. The largest absolute Gasteiger partial charge is 0.424 e. The Hall–Kier alpha value is -3.78. The van der Waals surface area contributed by atoms with E-state index >= 15 is 0 Å². The van der Waals surface area contributed by atoms with Crippen LogP contribution in [-0.4, -0.2) is 76.6 Å². The summed E-state index contributed by atoms with van der Waals surface area (Å²) in [7, 11) is 0. The highest BCUT2D eigenvalue weighted by Gasteiger charge is 2.30. The van der Waals surface area contributed by atoms with E-state index in [-0.39, 0.29) is 23.3 Å². The average Bonchev–Trinajstić information content (AvgIpc) is 3.51. The van der Waals surface area contributed by atoms with Gasteiger partial charge in [0, 0.05) is 45.2 Å². The van der Waals surface area contributed by atoms with Crippen molar-refractivity contribution in [2.45, 2.75) is 25.7 Å². The van der Waals surface area contributed by atoms with Crippen LogP contribution in [0.25, 0.3) is 11.4 Å². The van der Waals surface area contributed by atoms with Crippen LogP contribution in [0.15, 0.2) is 33.2 Å². The third kappa shape index (κ3) is 5.02. The van der Waals surface area contributed by atoms with Gasteiger partial charge in [-0.2, -0.15) is 10.2 Å². The Bertz CT molecular complexity index is 1240. The summed E-state index contributed by atoms with van der Waals surface area (Å²) in [5, 5.41) is 13.3. The summed E-state index contributed by atoms with van der Waals surface area (Å²) in [6.45, 7) is 5.81. The number of anilines is 1. The van der Waals surface area contributed by atoms with Crippen molar-refractivity contribution >= 4 is 11.8 Å². The Morgan fingerprint density at radius 2 is 2.06 bits per heavy atom. The molecule has 2 fully saturated rings. The van der Waals surface area contributed by atoms with Gasteiger partial charge >= 0.3 is 0 Å². The van der Waals surface area contributed by atoms with Gasteiger partial charge in [-0.25, -0.2) is 9.37 Å². The number of benzene rings is 1. The monoisotopic (exact) mass is 479 g/mol. The number of aryl methyl sites for hydroxylation is 1. The first kappa shape index (κ1) is 23.0. The maximum atomic E-state index is 13.5. The molecule has 2 aliphatic rings. The minimum absolute atomic E-state index is 0.0299. The van der Waals surface area contributed by atoms with Crippen LogP contribution in [0.2, 0.25) is 0 Å². The van der Waals surface area contributed by atoms with E-state index in [2.05, 4.69) is 26.1 Å². The minimum atomic E-state index is -0.349. The number of hydrogen-bond acceptors (Lipinski definition) is 9. The van der Waals surface area contributed by atoms with Crippen molar-refractivity contribution in [1.29, 1.82) is 5.26 Å². The number of amides is 1. The van der Waals surface area contributed by atoms with Crippen molar-refractivity contribution in [2.75, 3.05) is 50.7 Å². The SMILES string of the molecule is Cc1nc(C#N)c(N2CCN(C(=O)CN3CCCC(c4nc(-c5cccc(F)c5)no4)C3)CC2)o1. The van der Waals surface area contributed by atoms with Crippen LogP contribution in [0.5, 0.6) is 0 Å². The number of piperazine rings is 1. The number of aromatic nitrogens is 3. The molecule has 10 nitrogen and oxygen atoms in total. The summed E-state index contributed by atoms with van der Waals surface area (Å²) < 4.78 is 24.6. The van der Waals surface area contributed by atoms with Crippen molar-refractivity contribution in [3.63, 3.8) is 0 Å². The van der Waals surface area contributed by atoms with Gasteiger partial charge in [0.05, 0.1) is 12.5 Å². The fourth-order valence-corrected chi connectivity index (χ4v) is 4.70. The summed E-state index contributed by atoms with van der Waals surface area (Å²) in [4.78, 5) is 27.5. The lowest BCUT2D eigenvalue weighted by Gasteiger charge is -2.36. The average molecular weight is 480 g/mol. The zero-order chi connectivity index (χ0) is 24.4. The molecule has 0 aliphatic carbocycles. The van der Waals surface area contributed by atoms with Gasteiger partial charge in [0.1, 0.15) is 11.9 Å². The molecule has 1 amide bonds. The van der Waals surface area contributed by atoms with Gasteiger partial charge in [0.25, 0.3) is 0 Å². The summed E-state index contributed by atoms with van der Waals surface area (Å²) in [5.41, 5.74) is 0.854. The van der Waals surface area contributed by atoms with E-state index < -0.39 is 0 Å². The molecule has 0 spiro atoms. The lowest BCUT2D eigenvalue weighted by molar-refractivity contribution is -0.133. The first-order chi connectivity index (χ1) is 17.0. The topological polar surface area (TPSA) is 116 Å². The van der Waals surface area contributed by atoms with Crippen LogP contribution in [0.3, 0.4) is 0 Å². The van der Waals surface area contributed by atoms with Gasteiger partial charge in [-0.3, -0.25) is 9.69 Å². The number of nitrogens with zero attached hydrogens (tertiary/aromatic N) is 7. The first-order valence-corrected chi connectivity index (χ1v) is 11.7. The molecule has 1 unspecified atom stereocenters. The molecule has 1 atom stereocenters. The number of nitriles is 1. The van der Waals surface area contributed by atoms with Crippen LogP contribution >= 0.6 is 0 Å². The van der Waals surface area contributed by atoms with Crippen LogP contribution in [0, 0.1) is 24.1 Å². The second-order valence-electron chi connectivity index (χ2n) is 8.91. The van der Waals surface area contributed by atoms with E-state index in [1.807, 2.05) is 9.80 Å². The zero-order valence-corrected chi connectivity index (χ0v) is 19.5. The molecule has 182 valence electrons. The van der Waals surface area contributed by atoms with Crippen molar-refractivity contribution in [3.8, 4) is 17.5 Å². The molecule has 11 heteroatoms. The number of carbonyl (C=O) groups excluding carboxylic acids is 1. The molecule has 1 aromatic carbocycles. The molecule has 0 radical (unpaired) electrons. The maximum Gasteiger partial charge on any atom is 0.236 e. The standard InChI is InChI=1S/C24H26FN7O3/c1-16-27-20(13-26)24(34-16)32-10-8-31(9-11-32)21(33)15-30-7-3-5-18(14-30)23-28-22(29-35-23)17-4-2-6-19(25)12-17/h2,4,6,12,18H,3,5,7-11,14-15H2,1H3. The smallest absolute Gasteiger partial charge is 0.236 e. The number of piperidine rings is 1. The molecule has 0 N–H and O–H groups in total. The van der Waals surface area contributed by atoms with E-state index in [1.165, 1.54) is 12.1 Å². The number of halogens is 1. The third-order valence-corrected chi connectivity index (χ3v) is 6.48. The van der Waals surface area contributed by atoms with E-state index in [0.29, 0.717) is 68.3 Å². The number of hydrogen-bond donors (Lipinski definition) is 0. The molecule has 5 rings (SSSR count). The highest BCUT2D eigenvalue weighted by atomic mass is 19.1. The fraction of sp³-hybridized carbons (Fsp3) is 0.458. The normalized spacial score (nSPS) is 19.1. The van der Waals surface area contributed by atoms with Crippen molar-refractivity contribution < 1.29 is 18.1 Å². The van der Waals surface area contributed by atoms with Gasteiger partial charge in [-0.1, -0.05) is 17.3 Å². The van der Waals surface area contributed by atoms with Crippen molar-refractivity contribution in [2.24, 2.45) is 0 Å². The molecule has 35 heavy (non-hydrogen) atoms. The van der Waals surface area contributed by atoms with Crippen molar-refractivity contribution in [3.05, 3.63) is 47.6 Å². The van der Waals surface area contributed by atoms with Crippen LogP contribution in [0.4, 0.5) is 10.3 Å². The van der Waals surface area contributed by atoms with Gasteiger partial charge in [0.2, 0.25) is 29.2 Å².